The molecule has 2 aliphatic rings. The molecule has 4 heteroatoms. The second-order valence-corrected chi connectivity index (χ2v) is 5.48. The molecule has 1 N–H and O–H groups in total. The van der Waals surface area contributed by atoms with Gasteiger partial charge in [-0.1, -0.05) is 20.8 Å². The third kappa shape index (κ3) is 2.20. The summed E-state index contributed by atoms with van der Waals surface area (Å²) in [5, 5.41) is 2.77. The highest BCUT2D eigenvalue weighted by Crippen LogP contribution is 2.38. The summed E-state index contributed by atoms with van der Waals surface area (Å²) in [6.07, 6.45) is 1.19. The van der Waals surface area contributed by atoms with Crippen molar-refractivity contribution in [2.45, 2.75) is 33.2 Å². The Bertz CT molecular complexity index is 314. The van der Waals surface area contributed by atoms with Crippen molar-refractivity contribution in [3.05, 3.63) is 0 Å². The van der Waals surface area contributed by atoms with Gasteiger partial charge in [0.25, 0.3) is 0 Å². The zero-order valence-corrected chi connectivity index (χ0v) is 10.2. The van der Waals surface area contributed by atoms with Crippen molar-refractivity contribution < 1.29 is 9.59 Å². The Morgan fingerprint density at radius 1 is 1.44 bits per heavy atom. The second kappa shape index (κ2) is 4.07. The second-order valence-electron chi connectivity index (χ2n) is 5.48. The molecule has 0 spiro atoms. The minimum absolute atomic E-state index is 0.0217. The maximum Gasteiger partial charge on any atom is 0.245 e. The van der Waals surface area contributed by atoms with Gasteiger partial charge in [-0.2, -0.15) is 0 Å². The van der Waals surface area contributed by atoms with Crippen LogP contribution in [0, 0.1) is 17.8 Å². The van der Waals surface area contributed by atoms with Crippen LogP contribution >= 0.6 is 0 Å². The van der Waals surface area contributed by atoms with Gasteiger partial charge in [0.05, 0.1) is 6.54 Å². The van der Waals surface area contributed by atoms with Crippen LogP contribution in [0.5, 0.6) is 0 Å². The van der Waals surface area contributed by atoms with E-state index in [9.17, 15) is 9.59 Å². The van der Waals surface area contributed by atoms with Crippen LogP contribution in [0.25, 0.3) is 0 Å². The van der Waals surface area contributed by atoms with Gasteiger partial charge in [-0.3, -0.25) is 9.59 Å². The number of hydrogen-bond acceptors (Lipinski definition) is 2. The number of amides is 2. The summed E-state index contributed by atoms with van der Waals surface area (Å²) in [5.74, 6) is 1.56. The van der Waals surface area contributed by atoms with Gasteiger partial charge in [0.1, 0.15) is 6.04 Å². The van der Waals surface area contributed by atoms with Crippen molar-refractivity contribution >= 4 is 11.8 Å². The van der Waals surface area contributed by atoms with E-state index in [-0.39, 0.29) is 30.3 Å². The van der Waals surface area contributed by atoms with Crippen molar-refractivity contribution in [1.82, 2.24) is 10.2 Å². The molecule has 4 nitrogen and oxygen atoms in total. The molecular formula is C12H20N2O2. The summed E-state index contributed by atoms with van der Waals surface area (Å²) in [6.45, 7) is 7.12. The Hall–Kier alpha value is -1.06. The van der Waals surface area contributed by atoms with Gasteiger partial charge < -0.3 is 10.2 Å². The molecule has 2 amide bonds. The van der Waals surface area contributed by atoms with Crippen LogP contribution in [0.1, 0.15) is 27.2 Å². The molecule has 1 heterocycles. The number of carbonyl (C=O) groups excluding carboxylic acids is 2. The number of hydrogen-bond donors (Lipinski definition) is 1. The van der Waals surface area contributed by atoms with Crippen LogP contribution in [-0.2, 0) is 9.59 Å². The summed E-state index contributed by atoms with van der Waals surface area (Å²) in [4.78, 5) is 25.3. The molecule has 0 bridgehead atoms. The van der Waals surface area contributed by atoms with Crippen molar-refractivity contribution in [2.24, 2.45) is 17.8 Å². The van der Waals surface area contributed by atoms with E-state index in [0.29, 0.717) is 5.92 Å². The molecule has 1 aliphatic carbocycles. The first-order valence-electron chi connectivity index (χ1n) is 6.07. The van der Waals surface area contributed by atoms with Crippen molar-refractivity contribution in [3.63, 3.8) is 0 Å². The normalized spacial score (nSPS) is 34.2. The largest absolute Gasteiger partial charge is 0.343 e. The Morgan fingerprint density at radius 3 is 2.56 bits per heavy atom. The predicted octanol–water partition coefficient (Wildman–Crippen LogP) is 0.625. The fourth-order valence-corrected chi connectivity index (χ4v) is 2.27. The maximum absolute atomic E-state index is 12.1. The van der Waals surface area contributed by atoms with Gasteiger partial charge in [-0.25, -0.2) is 0 Å². The highest BCUT2D eigenvalue weighted by molar-refractivity contribution is 5.95. The fraction of sp³-hybridized carbons (Fsp3) is 0.833. The van der Waals surface area contributed by atoms with Crippen LogP contribution in [0.15, 0.2) is 0 Å². The predicted molar refractivity (Wildman–Crippen MR) is 60.6 cm³/mol. The zero-order valence-electron chi connectivity index (χ0n) is 10.2. The number of carbonyl (C=O) groups is 2. The third-order valence-corrected chi connectivity index (χ3v) is 3.63. The first-order chi connectivity index (χ1) is 7.49. The number of rotatable bonds is 3. The molecule has 0 radical (unpaired) electrons. The zero-order chi connectivity index (χ0) is 11.9. The monoisotopic (exact) mass is 224 g/mol. The first kappa shape index (κ1) is 11.4. The Kier molecular flexibility index (Phi) is 2.91. The Balaban J connectivity index is 2.00. The number of nitrogens with one attached hydrogen (secondary N) is 1. The molecule has 1 aliphatic heterocycles. The van der Waals surface area contributed by atoms with Crippen LogP contribution < -0.4 is 5.32 Å². The minimum atomic E-state index is -0.324. The molecular weight excluding hydrogens is 204 g/mol. The summed E-state index contributed by atoms with van der Waals surface area (Å²) in [7, 11) is 0. The van der Waals surface area contributed by atoms with E-state index in [4.69, 9.17) is 0 Å². The molecule has 2 rings (SSSR count). The molecule has 3 unspecified atom stereocenters. The molecule has 1 saturated carbocycles. The highest BCUT2D eigenvalue weighted by Gasteiger charge is 2.40. The average molecular weight is 224 g/mol. The summed E-state index contributed by atoms with van der Waals surface area (Å²) in [6, 6.07) is -0.324. The topological polar surface area (TPSA) is 49.4 Å². The van der Waals surface area contributed by atoms with Crippen LogP contribution in [0.2, 0.25) is 0 Å². The van der Waals surface area contributed by atoms with E-state index in [1.807, 2.05) is 13.8 Å². The highest BCUT2D eigenvalue weighted by atomic mass is 16.2. The summed E-state index contributed by atoms with van der Waals surface area (Å²) in [5.41, 5.74) is 0. The minimum Gasteiger partial charge on any atom is -0.343 e. The smallest absolute Gasteiger partial charge is 0.245 e. The standard InChI is InChI=1S/C12H20N2O2/c1-7(2)11-12(16)14(6-10(15)13-11)5-9-4-8(9)3/h7-9,11H,4-6H2,1-3H3,(H,13,15). The molecule has 0 aromatic heterocycles. The number of piperazine rings is 1. The van der Waals surface area contributed by atoms with E-state index < -0.39 is 0 Å². The van der Waals surface area contributed by atoms with Crippen molar-refractivity contribution in [1.29, 1.82) is 0 Å². The lowest BCUT2D eigenvalue weighted by Gasteiger charge is -2.34. The lowest BCUT2D eigenvalue weighted by Crippen LogP contribution is -2.60. The van der Waals surface area contributed by atoms with Crippen molar-refractivity contribution in [3.8, 4) is 0 Å². The summed E-state index contributed by atoms with van der Waals surface area (Å²) < 4.78 is 0. The first-order valence-corrected chi connectivity index (χ1v) is 6.07. The van der Waals surface area contributed by atoms with Gasteiger partial charge in [0.15, 0.2) is 0 Å². The van der Waals surface area contributed by atoms with Crippen LogP contribution in [0.4, 0.5) is 0 Å². The van der Waals surface area contributed by atoms with Crippen LogP contribution in [0.3, 0.4) is 0 Å². The van der Waals surface area contributed by atoms with E-state index in [1.54, 1.807) is 4.90 Å². The molecule has 2 fully saturated rings. The van der Waals surface area contributed by atoms with Gasteiger partial charge >= 0.3 is 0 Å². The Morgan fingerprint density at radius 2 is 2.06 bits per heavy atom. The molecule has 16 heavy (non-hydrogen) atoms. The fourth-order valence-electron chi connectivity index (χ4n) is 2.27. The molecule has 90 valence electrons. The van der Waals surface area contributed by atoms with E-state index in [2.05, 4.69) is 12.2 Å². The van der Waals surface area contributed by atoms with E-state index >= 15 is 0 Å². The molecule has 0 aromatic rings. The van der Waals surface area contributed by atoms with Gasteiger partial charge in [0.2, 0.25) is 11.8 Å². The third-order valence-electron chi connectivity index (χ3n) is 3.63. The van der Waals surface area contributed by atoms with E-state index in [0.717, 1.165) is 12.5 Å². The SMILES string of the molecule is CC(C)C1NC(=O)CN(CC2CC2C)C1=O. The van der Waals surface area contributed by atoms with Gasteiger partial charge in [-0.05, 0) is 24.2 Å². The molecule has 1 saturated heterocycles. The quantitative estimate of drug-likeness (QED) is 0.764. The Labute approximate surface area is 96.4 Å². The van der Waals surface area contributed by atoms with E-state index in [1.165, 1.54) is 6.42 Å². The lowest BCUT2D eigenvalue weighted by atomic mass is 10.0. The summed E-state index contributed by atoms with van der Waals surface area (Å²) >= 11 is 0. The van der Waals surface area contributed by atoms with Crippen LogP contribution in [-0.4, -0.2) is 35.8 Å². The van der Waals surface area contributed by atoms with Crippen molar-refractivity contribution in [2.75, 3.05) is 13.1 Å². The average Bonchev–Trinajstić information content (AvgIpc) is 2.87. The molecule has 3 atom stereocenters. The molecule has 0 aromatic carbocycles. The lowest BCUT2D eigenvalue weighted by molar-refractivity contribution is -0.145. The van der Waals surface area contributed by atoms with Gasteiger partial charge in [0, 0.05) is 6.54 Å². The van der Waals surface area contributed by atoms with Gasteiger partial charge in [-0.15, -0.1) is 0 Å². The number of nitrogens with zero attached hydrogens (tertiary/aromatic N) is 1. The maximum atomic E-state index is 12.1.